The van der Waals surface area contributed by atoms with E-state index < -0.39 is 0 Å². The third-order valence-electron chi connectivity index (χ3n) is 4.52. The summed E-state index contributed by atoms with van der Waals surface area (Å²) in [6.07, 6.45) is 1.79. The van der Waals surface area contributed by atoms with E-state index in [1.54, 1.807) is 6.21 Å². The summed E-state index contributed by atoms with van der Waals surface area (Å²) in [5.74, 6) is 0. The van der Waals surface area contributed by atoms with Crippen molar-refractivity contribution in [2.75, 3.05) is 5.32 Å². The van der Waals surface area contributed by atoms with E-state index in [0.717, 1.165) is 17.8 Å². The number of nitrogens with zero attached hydrogens (tertiary/aromatic N) is 2. The Morgan fingerprint density at radius 2 is 1.70 bits per heavy atom. The third-order valence-corrected chi connectivity index (χ3v) is 4.72. The largest absolute Gasteiger partial charge is 0.341 e. The van der Waals surface area contributed by atoms with Crippen LogP contribution in [-0.2, 0) is 6.54 Å². The van der Waals surface area contributed by atoms with Crippen LogP contribution in [0, 0.1) is 0 Å². The van der Waals surface area contributed by atoms with Gasteiger partial charge in [-0.15, -0.1) is 0 Å². The van der Waals surface area contributed by atoms with Crippen LogP contribution in [0.3, 0.4) is 0 Å². The van der Waals surface area contributed by atoms with Gasteiger partial charge in [0.15, 0.2) is 5.11 Å². The molecule has 4 aromatic rings. The van der Waals surface area contributed by atoms with E-state index >= 15 is 0 Å². The molecule has 1 heterocycles. The zero-order chi connectivity index (χ0) is 18.6. The molecule has 0 bridgehead atoms. The Morgan fingerprint density at radius 1 is 0.963 bits per heavy atom. The third kappa shape index (κ3) is 3.55. The van der Waals surface area contributed by atoms with Gasteiger partial charge in [-0.1, -0.05) is 42.5 Å². The minimum Gasteiger partial charge on any atom is -0.341 e. The molecule has 0 unspecified atom stereocenters. The first kappa shape index (κ1) is 17.2. The summed E-state index contributed by atoms with van der Waals surface area (Å²) >= 11 is 5.27. The molecule has 134 valence electrons. The molecule has 0 aliphatic rings. The molecule has 0 amide bonds. The number of nitrogens with one attached hydrogen (secondary N) is 2. The molecule has 4 nitrogen and oxygen atoms in total. The van der Waals surface area contributed by atoms with Crippen LogP contribution in [0.5, 0.6) is 0 Å². The van der Waals surface area contributed by atoms with Crippen LogP contribution in [0.25, 0.3) is 21.8 Å². The molecule has 0 fully saturated rings. The van der Waals surface area contributed by atoms with E-state index in [9.17, 15) is 0 Å². The molecule has 0 spiro atoms. The Hall–Kier alpha value is -3.18. The van der Waals surface area contributed by atoms with E-state index in [4.69, 9.17) is 12.2 Å². The van der Waals surface area contributed by atoms with Crippen molar-refractivity contribution in [1.29, 1.82) is 0 Å². The molecule has 5 heteroatoms. The first-order chi connectivity index (χ1) is 13.3. The quantitative estimate of drug-likeness (QED) is 0.296. The Bertz CT molecular complexity index is 1130. The van der Waals surface area contributed by atoms with Crippen LogP contribution < -0.4 is 10.7 Å². The van der Waals surface area contributed by atoms with E-state index in [1.165, 1.54) is 21.8 Å². The van der Waals surface area contributed by atoms with Gasteiger partial charge in [0.05, 0.1) is 6.21 Å². The normalized spacial score (nSPS) is 11.3. The van der Waals surface area contributed by atoms with E-state index in [2.05, 4.69) is 69.8 Å². The molecule has 0 saturated heterocycles. The molecule has 27 heavy (non-hydrogen) atoms. The summed E-state index contributed by atoms with van der Waals surface area (Å²) < 4.78 is 2.34. The lowest BCUT2D eigenvalue weighted by atomic mass is 10.1. The van der Waals surface area contributed by atoms with Crippen molar-refractivity contribution in [3.63, 3.8) is 0 Å². The lowest BCUT2D eigenvalue weighted by molar-refractivity contribution is 0.827. The van der Waals surface area contributed by atoms with Crippen LogP contribution in [0.1, 0.15) is 12.5 Å². The van der Waals surface area contributed by atoms with Crippen LogP contribution >= 0.6 is 12.2 Å². The summed E-state index contributed by atoms with van der Waals surface area (Å²) in [4.78, 5) is 0. The molecule has 0 atom stereocenters. The van der Waals surface area contributed by atoms with Gasteiger partial charge in [-0.25, -0.2) is 0 Å². The lowest BCUT2D eigenvalue weighted by Crippen LogP contribution is -2.23. The van der Waals surface area contributed by atoms with Crippen molar-refractivity contribution in [3.8, 4) is 0 Å². The van der Waals surface area contributed by atoms with Crippen molar-refractivity contribution in [1.82, 2.24) is 9.99 Å². The van der Waals surface area contributed by atoms with Gasteiger partial charge in [0.1, 0.15) is 0 Å². The second kappa shape index (κ2) is 7.60. The van der Waals surface area contributed by atoms with Gasteiger partial charge in [-0.3, -0.25) is 5.43 Å². The predicted octanol–water partition coefficient (Wildman–Crippen LogP) is 5.13. The summed E-state index contributed by atoms with van der Waals surface area (Å²) in [5, 5.41) is 10.3. The second-order valence-corrected chi connectivity index (χ2v) is 6.64. The van der Waals surface area contributed by atoms with Gasteiger partial charge in [0, 0.05) is 34.0 Å². The number of benzene rings is 3. The van der Waals surface area contributed by atoms with E-state index in [0.29, 0.717) is 5.11 Å². The SMILES string of the molecule is CCn1c2ccccc2c2cc(/C=N\NC(=S)Nc3ccccc3)ccc21. The molecule has 0 radical (unpaired) electrons. The van der Waals surface area contributed by atoms with Crippen LogP contribution in [0.2, 0.25) is 0 Å². The van der Waals surface area contributed by atoms with Gasteiger partial charge in [-0.2, -0.15) is 5.10 Å². The summed E-state index contributed by atoms with van der Waals surface area (Å²) in [5.41, 5.74) is 7.32. The zero-order valence-corrected chi connectivity index (χ0v) is 15.8. The predicted molar refractivity (Wildman–Crippen MR) is 119 cm³/mol. The number of anilines is 1. The molecule has 2 N–H and O–H groups in total. The number of para-hydroxylation sites is 2. The van der Waals surface area contributed by atoms with Crippen molar-refractivity contribution in [2.24, 2.45) is 5.10 Å². The standard InChI is InChI=1S/C22H20N4S/c1-2-26-20-11-7-6-10-18(20)19-14-16(12-13-21(19)26)15-23-25-22(27)24-17-8-4-3-5-9-17/h3-15H,2H2,1H3,(H2,24,25,27)/b23-15-. The van der Waals surface area contributed by atoms with Crippen LogP contribution in [0.15, 0.2) is 77.9 Å². The van der Waals surface area contributed by atoms with Crippen LogP contribution in [-0.4, -0.2) is 15.9 Å². The summed E-state index contributed by atoms with van der Waals surface area (Å²) in [6.45, 7) is 3.12. The fourth-order valence-electron chi connectivity index (χ4n) is 3.34. The van der Waals surface area contributed by atoms with Crippen molar-refractivity contribution >= 4 is 51.0 Å². The molecule has 1 aromatic heterocycles. The molecule has 4 rings (SSSR count). The highest BCUT2D eigenvalue weighted by atomic mass is 32.1. The molecule has 0 saturated carbocycles. The topological polar surface area (TPSA) is 41.4 Å². The number of hydrogen-bond acceptors (Lipinski definition) is 2. The monoisotopic (exact) mass is 372 g/mol. The first-order valence-electron chi connectivity index (χ1n) is 8.92. The van der Waals surface area contributed by atoms with Crippen LogP contribution in [0.4, 0.5) is 5.69 Å². The molecular weight excluding hydrogens is 352 g/mol. The Kier molecular flexibility index (Phi) is 4.85. The highest BCUT2D eigenvalue weighted by Crippen LogP contribution is 2.29. The van der Waals surface area contributed by atoms with Gasteiger partial charge >= 0.3 is 0 Å². The number of rotatable bonds is 4. The maximum absolute atomic E-state index is 5.27. The Labute approximate surface area is 163 Å². The smallest absolute Gasteiger partial charge is 0.191 e. The maximum Gasteiger partial charge on any atom is 0.191 e. The van der Waals surface area contributed by atoms with Gasteiger partial charge < -0.3 is 9.88 Å². The Balaban J connectivity index is 1.55. The van der Waals surface area contributed by atoms with Crippen molar-refractivity contribution in [3.05, 3.63) is 78.4 Å². The summed E-state index contributed by atoms with van der Waals surface area (Å²) in [7, 11) is 0. The van der Waals surface area contributed by atoms with E-state index in [1.807, 2.05) is 30.3 Å². The average Bonchev–Trinajstić information content (AvgIpc) is 3.02. The number of aryl methyl sites for hydroxylation is 1. The minimum atomic E-state index is 0.459. The average molecular weight is 372 g/mol. The van der Waals surface area contributed by atoms with Crippen molar-refractivity contribution in [2.45, 2.75) is 13.5 Å². The highest BCUT2D eigenvalue weighted by molar-refractivity contribution is 7.80. The number of hydrogen-bond donors (Lipinski definition) is 2. The van der Waals surface area contributed by atoms with Gasteiger partial charge in [0.25, 0.3) is 0 Å². The number of hydrazone groups is 1. The van der Waals surface area contributed by atoms with E-state index in [-0.39, 0.29) is 0 Å². The first-order valence-corrected chi connectivity index (χ1v) is 9.33. The Morgan fingerprint density at radius 3 is 2.52 bits per heavy atom. The number of fused-ring (bicyclic) bond motifs is 3. The van der Waals surface area contributed by atoms with Gasteiger partial charge in [0.2, 0.25) is 0 Å². The second-order valence-electron chi connectivity index (χ2n) is 6.23. The summed E-state index contributed by atoms with van der Waals surface area (Å²) in [6, 6.07) is 24.7. The molecule has 0 aliphatic heterocycles. The van der Waals surface area contributed by atoms with Crippen molar-refractivity contribution < 1.29 is 0 Å². The maximum atomic E-state index is 5.27. The number of thiocarbonyl (C=S) groups is 1. The highest BCUT2D eigenvalue weighted by Gasteiger charge is 2.09. The molecule has 0 aliphatic carbocycles. The lowest BCUT2D eigenvalue weighted by Gasteiger charge is -2.06. The van der Waals surface area contributed by atoms with Gasteiger partial charge in [-0.05, 0) is 55.0 Å². The zero-order valence-electron chi connectivity index (χ0n) is 15.0. The fraction of sp³-hybridized carbons (Fsp3) is 0.0909. The molecule has 3 aromatic carbocycles. The number of aromatic nitrogens is 1. The minimum absolute atomic E-state index is 0.459. The molecular formula is C22H20N4S. The fourth-order valence-corrected chi connectivity index (χ4v) is 3.51.